The maximum Gasteiger partial charge on any atom is 0.433 e. The standard InChI is InChI=1S/C20H20F3N7O/c1-9-13-6-25-18(30-7-16-15(30)8-31-16)5-12(13)19(29-28-9)26-10(2)14-3-11(24)4-17(27-14)20(21,22)23/h3-6,10,15-16H,7-8H2,1-2H3,(H2,24,27)(H,26,29)/t10-,15?,16+/m1/s1. The highest BCUT2D eigenvalue weighted by Crippen LogP contribution is 2.36. The van der Waals surface area contributed by atoms with Gasteiger partial charge in [0, 0.05) is 29.2 Å². The number of nitrogen functional groups attached to an aromatic ring is 1. The molecule has 2 fully saturated rings. The Kier molecular flexibility index (Phi) is 4.40. The molecule has 3 aromatic heterocycles. The minimum absolute atomic E-state index is 0.00707. The van der Waals surface area contributed by atoms with Gasteiger partial charge in [-0.3, -0.25) is 0 Å². The maximum atomic E-state index is 13.1. The van der Waals surface area contributed by atoms with E-state index in [9.17, 15) is 13.2 Å². The van der Waals surface area contributed by atoms with Crippen LogP contribution < -0.4 is 16.0 Å². The normalized spacial score (nSPS) is 21.3. The van der Waals surface area contributed by atoms with Gasteiger partial charge in [-0.05, 0) is 32.0 Å². The minimum atomic E-state index is -4.58. The number of ether oxygens (including phenoxy) is 1. The Morgan fingerprint density at radius 3 is 2.68 bits per heavy atom. The van der Waals surface area contributed by atoms with Gasteiger partial charge < -0.3 is 20.7 Å². The Morgan fingerprint density at radius 2 is 2.03 bits per heavy atom. The fraction of sp³-hybridized carbons (Fsp3) is 0.400. The molecule has 3 atom stereocenters. The number of aromatic nitrogens is 4. The maximum absolute atomic E-state index is 13.1. The Bertz CT molecular complexity index is 1170. The second kappa shape index (κ2) is 6.91. The van der Waals surface area contributed by atoms with E-state index in [1.165, 1.54) is 6.07 Å². The first-order valence-corrected chi connectivity index (χ1v) is 9.83. The molecule has 2 aliphatic rings. The number of hydrogen-bond donors (Lipinski definition) is 2. The van der Waals surface area contributed by atoms with Crippen molar-refractivity contribution in [3.05, 3.63) is 41.5 Å². The van der Waals surface area contributed by atoms with Gasteiger partial charge in [-0.15, -0.1) is 5.10 Å². The molecule has 31 heavy (non-hydrogen) atoms. The summed E-state index contributed by atoms with van der Waals surface area (Å²) in [6.45, 7) is 5.00. The summed E-state index contributed by atoms with van der Waals surface area (Å²) in [5.74, 6) is 1.25. The number of hydrogen-bond acceptors (Lipinski definition) is 8. The molecule has 1 unspecified atom stereocenters. The second-order valence-corrected chi connectivity index (χ2v) is 7.89. The van der Waals surface area contributed by atoms with Crippen molar-refractivity contribution >= 4 is 28.1 Å². The molecule has 5 rings (SSSR count). The van der Waals surface area contributed by atoms with E-state index in [2.05, 4.69) is 30.4 Å². The van der Waals surface area contributed by atoms with Gasteiger partial charge >= 0.3 is 6.18 Å². The fourth-order valence-electron chi connectivity index (χ4n) is 3.88. The lowest BCUT2D eigenvalue weighted by Crippen LogP contribution is -2.71. The van der Waals surface area contributed by atoms with Crippen molar-refractivity contribution in [2.75, 3.05) is 29.1 Å². The van der Waals surface area contributed by atoms with Crippen LogP contribution >= 0.6 is 0 Å². The number of aryl methyl sites for hydroxylation is 1. The minimum Gasteiger partial charge on any atom is -0.399 e. The Labute approximate surface area is 175 Å². The van der Waals surface area contributed by atoms with Crippen LogP contribution in [0.3, 0.4) is 0 Å². The fourth-order valence-corrected chi connectivity index (χ4v) is 3.88. The molecule has 0 saturated carbocycles. The molecule has 2 saturated heterocycles. The molecule has 8 nitrogen and oxygen atoms in total. The molecule has 0 spiro atoms. The zero-order chi connectivity index (χ0) is 21.9. The van der Waals surface area contributed by atoms with Gasteiger partial charge in [0.2, 0.25) is 0 Å². The molecular weight excluding hydrogens is 411 g/mol. The number of alkyl halides is 3. The number of anilines is 3. The van der Waals surface area contributed by atoms with Crippen molar-refractivity contribution in [2.24, 2.45) is 0 Å². The van der Waals surface area contributed by atoms with Crippen LogP contribution in [0.5, 0.6) is 0 Å². The molecule has 2 aliphatic heterocycles. The van der Waals surface area contributed by atoms with Gasteiger partial charge in [-0.2, -0.15) is 18.3 Å². The van der Waals surface area contributed by atoms with Crippen molar-refractivity contribution in [2.45, 2.75) is 38.2 Å². The summed E-state index contributed by atoms with van der Waals surface area (Å²) in [6.07, 6.45) is -2.57. The molecule has 5 heterocycles. The summed E-state index contributed by atoms with van der Waals surface area (Å²) < 4.78 is 44.9. The zero-order valence-corrected chi connectivity index (χ0v) is 16.8. The lowest BCUT2D eigenvalue weighted by molar-refractivity contribution is -0.141. The van der Waals surface area contributed by atoms with Crippen LogP contribution in [0.4, 0.5) is 30.5 Å². The highest BCUT2D eigenvalue weighted by atomic mass is 19.4. The predicted octanol–water partition coefficient (Wildman–Crippen LogP) is 3.09. The van der Waals surface area contributed by atoms with E-state index < -0.39 is 17.9 Å². The van der Waals surface area contributed by atoms with E-state index in [4.69, 9.17) is 10.5 Å². The van der Waals surface area contributed by atoms with Crippen molar-refractivity contribution in [1.82, 2.24) is 20.2 Å². The van der Waals surface area contributed by atoms with Crippen LogP contribution in [-0.2, 0) is 10.9 Å². The lowest BCUT2D eigenvalue weighted by atomic mass is 9.94. The number of fused-ring (bicyclic) bond motifs is 2. The molecule has 0 bridgehead atoms. The van der Waals surface area contributed by atoms with Gasteiger partial charge in [-0.25, -0.2) is 9.97 Å². The Morgan fingerprint density at radius 1 is 1.23 bits per heavy atom. The van der Waals surface area contributed by atoms with Gasteiger partial charge in [-0.1, -0.05) is 0 Å². The van der Waals surface area contributed by atoms with Crippen LogP contribution in [0.15, 0.2) is 24.4 Å². The average molecular weight is 431 g/mol. The van der Waals surface area contributed by atoms with Crippen molar-refractivity contribution < 1.29 is 17.9 Å². The van der Waals surface area contributed by atoms with E-state index in [0.717, 1.165) is 29.2 Å². The quantitative estimate of drug-likeness (QED) is 0.650. The molecule has 162 valence electrons. The van der Waals surface area contributed by atoms with Crippen molar-refractivity contribution in [3.63, 3.8) is 0 Å². The predicted molar refractivity (Wildman–Crippen MR) is 109 cm³/mol. The molecule has 11 heteroatoms. The molecule has 3 aromatic rings. The van der Waals surface area contributed by atoms with Crippen LogP contribution in [0, 0.1) is 6.92 Å². The third kappa shape index (κ3) is 3.38. The van der Waals surface area contributed by atoms with E-state index >= 15 is 0 Å². The number of morpholine rings is 1. The summed E-state index contributed by atoms with van der Waals surface area (Å²) in [4.78, 5) is 10.5. The summed E-state index contributed by atoms with van der Waals surface area (Å²) in [6, 6.07) is 3.91. The number of pyridine rings is 2. The molecule has 0 aromatic carbocycles. The van der Waals surface area contributed by atoms with Crippen molar-refractivity contribution in [3.8, 4) is 0 Å². The Hall–Kier alpha value is -3.21. The number of rotatable bonds is 4. The Balaban J connectivity index is 1.48. The van der Waals surface area contributed by atoms with Crippen LogP contribution in [0.25, 0.3) is 10.8 Å². The highest BCUT2D eigenvalue weighted by molar-refractivity contribution is 5.94. The van der Waals surface area contributed by atoms with Gasteiger partial charge in [0.25, 0.3) is 0 Å². The number of nitrogens with zero attached hydrogens (tertiary/aromatic N) is 5. The summed E-state index contributed by atoms with van der Waals surface area (Å²) in [5.41, 5.74) is 5.52. The van der Waals surface area contributed by atoms with Crippen LogP contribution in [0.1, 0.15) is 30.0 Å². The molecule has 0 amide bonds. The third-order valence-electron chi connectivity index (χ3n) is 5.77. The summed E-state index contributed by atoms with van der Waals surface area (Å²) >= 11 is 0. The number of halogens is 3. The molecule has 0 aliphatic carbocycles. The zero-order valence-electron chi connectivity index (χ0n) is 16.8. The van der Waals surface area contributed by atoms with Crippen LogP contribution in [-0.4, -0.2) is 45.5 Å². The second-order valence-electron chi connectivity index (χ2n) is 7.89. The van der Waals surface area contributed by atoms with Gasteiger partial charge in [0.1, 0.15) is 11.5 Å². The number of nitrogens with two attached hydrogens (primary N) is 1. The van der Waals surface area contributed by atoms with Crippen molar-refractivity contribution in [1.29, 1.82) is 0 Å². The summed E-state index contributed by atoms with van der Waals surface area (Å²) in [7, 11) is 0. The third-order valence-corrected chi connectivity index (χ3v) is 5.77. The first-order valence-electron chi connectivity index (χ1n) is 9.83. The van der Waals surface area contributed by atoms with Crippen LogP contribution in [0.2, 0.25) is 0 Å². The SMILES string of the molecule is Cc1nnc(N[C@H](C)c2cc(N)cc(C(F)(F)F)n2)c2cc(N3C[C@@H]4OCC43)ncc12. The van der Waals surface area contributed by atoms with Gasteiger partial charge in [0.15, 0.2) is 5.82 Å². The molecule has 0 radical (unpaired) electrons. The van der Waals surface area contributed by atoms with E-state index in [0.29, 0.717) is 24.2 Å². The average Bonchev–Trinajstić information content (AvgIpc) is 2.70. The largest absolute Gasteiger partial charge is 0.433 e. The monoisotopic (exact) mass is 431 g/mol. The first kappa shape index (κ1) is 19.7. The molecule has 3 N–H and O–H groups in total. The first-order chi connectivity index (χ1) is 14.7. The molecular formula is C20H20F3N7O. The number of nitrogens with one attached hydrogen (secondary N) is 1. The van der Waals surface area contributed by atoms with E-state index in [1.807, 2.05) is 13.0 Å². The van der Waals surface area contributed by atoms with Gasteiger partial charge in [0.05, 0.1) is 36.2 Å². The smallest absolute Gasteiger partial charge is 0.399 e. The lowest BCUT2D eigenvalue weighted by Gasteiger charge is -2.55. The highest BCUT2D eigenvalue weighted by Gasteiger charge is 2.47. The summed E-state index contributed by atoms with van der Waals surface area (Å²) in [5, 5.41) is 13.1. The van der Waals surface area contributed by atoms with E-state index in [1.54, 1.807) is 13.1 Å². The van der Waals surface area contributed by atoms with E-state index in [-0.39, 0.29) is 17.5 Å². The topological polar surface area (TPSA) is 102 Å².